The summed E-state index contributed by atoms with van der Waals surface area (Å²) in [5.41, 5.74) is 3.58. The van der Waals surface area contributed by atoms with E-state index in [9.17, 15) is 23.2 Å². The minimum Gasteiger partial charge on any atom is -0.365 e. The van der Waals surface area contributed by atoms with Crippen LogP contribution in [0.1, 0.15) is 21.6 Å². The van der Waals surface area contributed by atoms with Gasteiger partial charge < -0.3 is 5.73 Å². The number of nitriles is 1. The zero-order chi connectivity index (χ0) is 25.6. The van der Waals surface area contributed by atoms with Crippen LogP contribution in [0.2, 0.25) is 0 Å². The van der Waals surface area contributed by atoms with Gasteiger partial charge in [0.05, 0.1) is 23.0 Å². The third-order valence-corrected chi connectivity index (χ3v) is 5.51. The van der Waals surface area contributed by atoms with E-state index >= 15 is 0 Å². The molecule has 5 aromatic rings. The van der Waals surface area contributed by atoms with Gasteiger partial charge in [-0.15, -0.1) is 0 Å². The molecule has 0 atom stereocenters. The average Bonchev–Trinajstić information content (AvgIpc) is 3.47. The molecule has 0 fully saturated rings. The Kier molecular flexibility index (Phi) is 5.25. The number of hydrogen-bond acceptors (Lipinski definition) is 6. The number of carbonyl (C=O) groups is 1. The van der Waals surface area contributed by atoms with E-state index in [1.54, 1.807) is 43.6 Å². The molecule has 0 unspecified atom stereocenters. The fourth-order valence-electron chi connectivity index (χ4n) is 3.98. The molecule has 9 nitrogen and oxygen atoms in total. The largest absolute Gasteiger partial charge is 0.434 e. The fourth-order valence-corrected chi connectivity index (χ4v) is 3.98. The topological polar surface area (TPSA) is 128 Å². The lowest BCUT2D eigenvalue weighted by Gasteiger charge is -2.13. The van der Waals surface area contributed by atoms with Crippen LogP contribution in [0.5, 0.6) is 0 Å². The SMILES string of the molecule is Cn1ccc(-c2ncc(-c3nn(-c4cncc5ccccc45)c(C(F)(F)F)c3C(N)=O)cc2C#N)n1. The number of nitrogens with two attached hydrogens (primary N) is 1. The van der Waals surface area contributed by atoms with Gasteiger partial charge in [0, 0.05) is 42.0 Å². The second-order valence-corrected chi connectivity index (χ2v) is 7.83. The molecular weight excluding hydrogens is 473 g/mol. The Balaban J connectivity index is 1.80. The number of nitrogens with zero attached hydrogens (tertiary/aromatic N) is 7. The maximum absolute atomic E-state index is 14.3. The number of pyridine rings is 2. The summed E-state index contributed by atoms with van der Waals surface area (Å²) in [5, 5.41) is 19.1. The standard InChI is InChI=1S/C24H15F3N8O/c1-34-7-6-17(32-34)20-14(9-28)8-15(11-31-20)21-19(23(29)36)22(24(25,26)27)35(33-21)18-12-30-10-13-4-2-3-5-16(13)18/h2-8,10-12H,1H3,(H2,29,36). The average molecular weight is 488 g/mol. The highest BCUT2D eigenvalue weighted by Gasteiger charge is 2.43. The molecule has 178 valence electrons. The van der Waals surface area contributed by atoms with Crippen LogP contribution in [-0.4, -0.2) is 35.4 Å². The highest BCUT2D eigenvalue weighted by Crippen LogP contribution is 2.39. The first-order valence-electron chi connectivity index (χ1n) is 10.4. The number of rotatable bonds is 4. The lowest BCUT2D eigenvalue weighted by atomic mass is 10.0. The number of fused-ring (bicyclic) bond motifs is 1. The van der Waals surface area contributed by atoms with Crippen LogP contribution >= 0.6 is 0 Å². The smallest absolute Gasteiger partial charge is 0.365 e. The number of aromatic nitrogens is 6. The zero-order valence-electron chi connectivity index (χ0n) is 18.5. The molecule has 0 radical (unpaired) electrons. The third kappa shape index (κ3) is 3.72. The zero-order valence-corrected chi connectivity index (χ0v) is 18.5. The lowest BCUT2D eigenvalue weighted by molar-refractivity contribution is -0.143. The van der Waals surface area contributed by atoms with Crippen molar-refractivity contribution in [2.45, 2.75) is 6.18 Å². The van der Waals surface area contributed by atoms with Crippen molar-refractivity contribution in [2.75, 3.05) is 0 Å². The highest BCUT2D eigenvalue weighted by molar-refractivity contribution is 6.01. The maximum Gasteiger partial charge on any atom is 0.434 e. The van der Waals surface area contributed by atoms with Gasteiger partial charge in [0.25, 0.3) is 5.91 Å². The normalized spacial score (nSPS) is 11.5. The number of benzene rings is 1. The Hall–Kier alpha value is -5.05. The molecule has 0 aliphatic carbocycles. The summed E-state index contributed by atoms with van der Waals surface area (Å²) in [6, 6.07) is 11.6. The van der Waals surface area contributed by atoms with Crippen LogP contribution in [0, 0.1) is 11.3 Å². The summed E-state index contributed by atoms with van der Waals surface area (Å²) >= 11 is 0. The Labute approximate surface area is 201 Å². The molecule has 36 heavy (non-hydrogen) atoms. The van der Waals surface area contributed by atoms with Crippen molar-refractivity contribution in [1.82, 2.24) is 29.5 Å². The highest BCUT2D eigenvalue weighted by atomic mass is 19.4. The van der Waals surface area contributed by atoms with E-state index in [-0.39, 0.29) is 28.2 Å². The van der Waals surface area contributed by atoms with Crippen molar-refractivity contribution in [2.24, 2.45) is 12.8 Å². The van der Waals surface area contributed by atoms with Crippen LogP contribution in [0.3, 0.4) is 0 Å². The summed E-state index contributed by atoms with van der Waals surface area (Å²) in [7, 11) is 1.69. The monoisotopic (exact) mass is 488 g/mol. The number of carbonyl (C=O) groups excluding carboxylic acids is 1. The molecule has 0 aliphatic heterocycles. The summed E-state index contributed by atoms with van der Waals surface area (Å²) in [4.78, 5) is 20.6. The summed E-state index contributed by atoms with van der Waals surface area (Å²) in [5.74, 6) is -1.33. The Morgan fingerprint density at radius 1 is 1.08 bits per heavy atom. The van der Waals surface area contributed by atoms with Crippen molar-refractivity contribution >= 4 is 16.7 Å². The van der Waals surface area contributed by atoms with E-state index in [0.717, 1.165) is 0 Å². The first kappa shape index (κ1) is 22.7. The summed E-state index contributed by atoms with van der Waals surface area (Å²) < 4.78 is 45.2. The van der Waals surface area contributed by atoms with Gasteiger partial charge in [-0.3, -0.25) is 19.4 Å². The molecule has 0 spiro atoms. The summed E-state index contributed by atoms with van der Waals surface area (Å²) in [6.07, 6.45) is 0.622. The predicted octanol–water partition coefficient (Wildman–Crippen LogP) is 3.87. The number of amides is 1. The van der Waals surface area contributed by atoms with Crippen molar-refractivity contribution < 1.29 is 18.0 Å². The number of primary amides is 1. The second-order valence-electron chi connectivity index (χ2n) is 7.83. The predicted molar refractivity (Wildman–Crippen MR) is 123 cm³/mol. The van der Waals surface area contributed by atoms with Gasteiger partial charge in [0.2, 0.25) is 0 Å². The number of alkyl halides is 3. The molecule has 4 aromatic heterocycles. The van der Waals surface area contributed by atoms with Gasteiger partial charge >= 0.3 is 6.18 Å². The molecule has 1 amide bonds. The molecular formula is C24H15F3N8O. The van der Waals surface area contributed by atoms with Crippen molar-refractivity contribution in [3.63, 3.8) is 0 Å². The van der Waals surface area contributed by atoms with Gasteiger partial charge in [-0.2, -0.15) is 28.6 Å². The van der Waals surface area contributed by atoms with Gasteiger partial charge in [0.15, 0.2) is 5.69 Å². The minimum absolute atomic E-state index is 0.00717. The van der Waals surface area contributed by atoms with E-state index in [2.05, 4.69) is 20.2 Å². The van der Waals surface area contributed by atoms with Crippen LogP contribution in [0.15, 0.2) is 61.2 Å². The Morgan fingerprint density at radius 2 is 1.86 bits per heavy atom. The first-order chi connectivity index (χ1) is 17.2. The van der Waals surface area contributed by atoms with Crippen LogP contribution in [-0.2, 0) is 13.2 Å². The van der Waals surface area contributed by atoms with E-state index in [1.165, 1.54) is 29.3 Å². The molecule has 1 aromatic carbocycles. The third-order valence-electron chi connectivity index (χ3n) is 5.51. The fraction of sp³-hybridized carbons (Fsp3) is 0.0833. The minimum atomic E-state index is -4.99. The molecule has 12 heteroatoms. The van der Waals surface area contributed by atoms with Gasteiger partial charge in [0.1, 0.15) is 23.2 Å². The van der Waals surface area contributed by atoms with Crippen LogP contribution in [0.4, 0.5) is 13.2 Å². The molecule has 0 saturated heterocycles. The molecule has 4 heterocycles. The quantitative estimate of drug-likeness (QED) is 0.409. The van der Waals surface area contributed by atoms with Crippen molar-refractivity contribution in [3.05, 3.63) is 78.0 Å². The Morgan fingerprint density at radius 3 is 2.53 bits per heavy atom. The number of halogens is 3. The van der Waals surface area contributed by atoms with Gasteiger partial charge in [-0.25, -0.2) is 4.68 Å². The van der Waals surface area contributed by atoms with Crippen molar-refractivity contribution in [3.8, 4) is 34.4 Å². The second kappa shape index (κ2) is 8.31. The van der Waals surface area contributed by atoms with Crippen LogP contribution in [0.25, 0.3) is 39.1 Å². The molecule has 0 bridgehead atoms. The van der Waals surface area contributed by atoms with Crippen LogP contribution < -0.4 is 5.73 Å². The van der Waals surface area contributed by atoms with E-state index in [0.29, 0.717) is 21.1 Å². The molecule has 5 rings (SSSR count). The summed E-state index contributed by atoms with van der Waals surface area (Å²) in [6.45, 7) is 0. The number of aryl methyl sites for hydroxylation is 1. The number of hydrogen-bond donors (Lipinski definition) is 1. The first-order valence-corrected chi connectivity index (χ1v) is 10.4. The van der Waals surface area contributed by atoms with E-state index in [1.807, 2.05) is 6.07 Å². The maximum atomic E-state index is 14.3. The van der Waals surface area contributed by atoms with Gasteiger partial charge in [-0.1, -0.05) is 24.3 Å². The van der Waals surface area contributed by atoms with E-state index < -0.39 is 23.3 Å². The van der Waals surface area contributed by atoms with Gasteiger partial charge in [-0.05, 0) is 12.1 Å². The molecule has 0 aliphatic rings. The van der Waals surface area contributed by atoms with E-state index in [4.69, 9.17) is 5.73 Å². The van der Waals surface area contributed by atoms with Crippen molar-refractivity contribution in [1.29, 1.82) is 5.26 Å². The molecule has 0 saturated carbocycles. The molecule has 2 N–H and O–H groups in total. The Bertz CT molecular complexity index is 1690. The lowest BCUT2D eigenvalue weighted by Crippen LogP contribution is -2.21.